The van der Waals surface area contributed by atoms with Crippen LogP contribution in [0.15, 0.2) is 12.3 Å². The van der Waals surface area contributed by atoms with Crippen LogP contribution in [0, 0.1) is 5.92 Å². The molecule has 1 rings (SSSR count). The van der Waals surface area contributed by atoms with Crippen LogP contribution in [0.4, 0.5) is 10.6 Å². The van der Waals surface area contributed by atoms with E-state index in [0.717, 1.165) is 6.42 Å². The Kier molecular flexibility index (Phi) is 6.88. The average molecular weight is 309 g/mol. The van der Waals surface area contributed by atoms with Gasteiger partial charge in [0.25, 0.3) is 0 Å². The Morgan fingerprint density at radius 3 is 2.59 bits per heavy atom. The van der Waals surface area contributed by atoms with Crippen molar-refractivity contribution in [3.05, 3.63) is 12.3 Å². The topological polar surface area (TPSA) is 79.3 Å². The third-order valence-electron chi connectivity index (χ3n) is 3.27. The summed E-state index contributed by atoms with van der Waals surface area (Å²) in [7, 11) is 3.38. The summed E-state index contributed by atoms with van der Waals surface area (Å²) in [5.41, 5.74) is 0. The van der Waals surface area contributed by atoms with Crippen molar-refractivity contribution < 1.29 is 9.59 Å². The Balaban J connectivity index is 2.48. The molecule has 0 saturated heterocycles. The first-order valence-corrected chi connectivity index (χ1v) is 7.59. The van der Waals surface area contributed by atoms with E-state index in [1.165, 1.54) is 4.90 Å². The van der Waals surface area contributed by atoms with E-state index in [-0.39, 0.29) is 24.4 Å². The molecule has 1 aromatic heterocycles. The lowest BCUT2D eigenvalue weighted by Gasteiger charge is -2.18. The number of rotatable bonds is 7. The molecule has 0 spiro atoms. The van der Waals surface area contributed by atoms with E-state index in [2.05, 4.69) is 36.5 Å². The van der Waals surface area contributed by atoms with Crippen molar-refractivity contribution in [3.63, 3.8) is 0 Å². The van der Waals surface area contributed by atoms with Gasteiger partial charge >= 0.3 is 6.03 Å². The van der Waals surface area contributed by atoms with E-state index in [1.807, 2.05) is 4.68 Å². The standard InChI is InChI=1S/C15H27N5O2/c1-11(2)10-12(3)20-13(6-9-17-20)18-15(22)16-8-7-14(21)19(4)5/h6,9,11-12H,7-8,10H2,1-5H3,(H2,16,18,22). The summed E-state index contributed by atoms with van der Waals surface area (Å²) in [6.07, 6.45) is 2.93. The number of anilines is 1. The number of urea groups is 1. The predicted octanol–water partition coefficient (Wildman–Crippen LogP) is 2.09. The summed E-state index contributed by atoms with van der Waals surface area (Å²) in [4.78, 5) is 24.8. The number of carbonyl (C=O) groups is 2. The second-order valence-corrected chi connectivity index (χ2v) is 6.06. The van der Waals surface area contributed by atoms with Crippen LogP contribution in [0.2, 0.25) is 0 Å². The predicted molar refractivity (Wildman–Crippen MR) is 86.7 cm³/mol. The molecule has 0 aliphatic heterocycles. The van der Waals surface area contributed by atoms with E-state index in [1.54, 1.807) is 26.4 Å². The van der Waals surface area contributed by atoms with E-state index >= 15 is 0 Å². The highest BCUT2D eigenvalue weighted by Gasteiger charge is 2.14. The molecule has 1 aromatic rings. The van der Waals surface area contributed by atoms with Gasteiger partial charge in [-0.3, -0.25) is 10.1 Å². The molecule has 1 atom stereocenters. The van der Waals surface area contributed by atoms with Gasteiger partial charge in [0.05, 0.1) is 12.2 Å². The Bertz CT molecular complexity index is 496. The Labute approximate surface area is 132 Å². The number of nitrogens with zero attached hydrogens (tertiary/aromatic N) is 3. The van der Waals surface area contributed by atoms with Gasteiger partial charge in [-0.15, -0.1) is 0 Å². The second-order valence-electron chi connectivity index (χ2n) is 6.06. The first-order valence-electron chi connectivity index (χ1n) is 7.59. The van der Waals surface area contributed by atoms with Crippen molar-refractivity contribution in [3.8, 4) is 0 Å². The minimum atomic E-state index is -0.329. The molecule has 124 valence electrons. The zero-order valence-electron chi connectivity index (χ0n) is 14.1. The quantitative estimate of drug-likeness (QED) is 0.809. The zero-order chi connectivity index (χ0) is 16.7. The third kappa shape index (κ3) is 5.75. The minimum absolute atomic E-state index is 0.0177. The fraction of sp³-hybridized carbons (Fsp3) is 0.667. The maximum Gasteiger partial charge on any atom is 0.320 e. The fourth-order valence-corrected chi connectivity index (χ4v) is 2.21. The third-order valence-corrected chi connectivity index (χ3v) is 3.27. The van der Waals surface area contributed by atoms with Gasteiger partial charge in [0.1, 0.15) is 5.82 Å². The van der Waals surface area contributed by atoms with Crippen LogP contribution in [-0.2, 0) is 4.79 Å². The van der Waals surface area contributed by atoms with Crippen LogP contribution in [0.5, 0.6) is 0 Å². The molecule has 3 amide bonds. The average Bonchev–Trinajstić information content (AvgIpc) is 2.85. The van der Waals surface area contributed by atoms with Gasteiger partial charge in [-0.2, -0.15) is 5.10 Å². The normalized spacial score (nSPS) is 12.1. The highest BCUT2D eigenvalue weighted by molar-refractivity contribution is 5.88. The summed E-state index contributed by atoms with van der Waals surface area (Å²) in [5.74, 6) is 1.19. The molecule has 1 heterocycles. The van der Waals surface area contributed by atoms with E-state index in [4.69, 9.17) is 0 Å². The number of carbonyl (C=O) groups excluding carboxylic acids is 2. The lowest BCUT2D eigenvalue weighted by Crippen LogP contribution is -2.33. The SMILES string of the molecule is CC(C)CC(C)n1nccc1NC(=O)NCCC(=O)N(C)C. The van der Waals surface area contributed by atoms with Crippen LogP contribution >= 0.6 is 0 Å². The number of aromatic nitrogens is 2. The van der Waals surface area contributed by atoms with E-state index in [0.29, 0.717) is 18.3 Å². The molecule has 0 aromatic carbocycles. The van der Waals surface area contributed by atoms with Crippen molar-refractivity contribution in [1.29, 1.82) is 0 Å². The Hall–Kier alpha value is -2.05. The summed E-state index contributed by atoms with van der Waals surface area (Å²) in [5, 5.41) is 9.72. The highest BCUT2D eigenvalue weighted by Crippen LogP contribution is 2.20. The van der Waals surface area contributed by atoms with Crippen LogP contribution < -0.4 is 10.6 Å². The van der Waals surface area contributed by atoms with Crippen molar-refractivity contribution >= 4 is 17.8 Å². The first-order chi connectivity index (χ1) is 10.3. The van der Waals surface area contributed by atoms with Gasteiger partial charge in [-0.25, -0.2) is 9.48 Å². The molecule has 7 nitrogen and oxygen atoms in total. The summed E-state index contributed by atoms with van der Waals surface area (Å²) in [6, 6.07) is 1.65. The lowest BCUT2D eigenvalue weighted by atomic mass is 10.1. The number of nitrogens with one attached hydrogen (secondary N) is 2. The van der Waals surface area contributed by atoms with E-state index in [9.17, 15) is 9.59 Å². The van der Waals surface area contributed by atoms with Crippen molar-refractivity contribution in [2.24, 2.45) is 5.92 Å². The van der Waals surface area contributed by atoms with Gasteiger partial charge < -0.3 is 10.2 Å². The largest absolute Gasteiger partial charge is 0.349 e. The van der Waals surface area contributed by atoms with Gasteiger partial charge in [-0.1, -0.05) is 13.8 Å². The second kappa shape index (κ2) is 8.41. The van der Waals surface area contributed by atoms with Crippen LogP contribution in [-0.4, -0.2) is 47.3 Å². The Morgan fingerprint density at radius 2 is 2.00 bits per heavy atom. The molecule has 0 radical (unpaired) electrons. The van der Waals surface area contributed by atoms with Gasteiger partial charge in [0.2, 0.25) is 5.91 Å². The lowest BCUT2D eigenvalue weighted by molar-refractivity contribution is -0.128. The minimum Gasteiger partial charge on any atom is -0.349 e. The molecular weight excluding hydrogens is 282 g/mol. The zero-order valence-corrected chi connectivity index (χ0v) is 14.1. The monoisotopic (exact) mass is 309 g/mol. The van der Waals surface area contributed by atoms with Crippen molar-refractivity contribution in [2.75, 3.05) is 26.0 Å². The van der Waals surface area contributed by atoms with E-state index < -0.39 is 0 Å². The summed E-state index contributed by atoms with van der Waals surface area (Å²) < 4.78 is 1.81. The van der Waals surface area contributed by atoms with Crippen molar-refractivity contribution in [1.82, 2.24) is 20.0 Å². The number of hydrogen-bond donors (Lipinski definition) is 2. The molecule has 0 aliphatic carbocycles. The molecule has 1 unspecified atom stereocenters. The van der Waals surface area contributed by atoms with Gasteiger partial charge in [0, 0.05) is 33.1 Å². The fourth-order valence-electron chi connectivity index (χ4n) is 2.21. The molecule has 0 saturated carbocycles. The van der Waals surface area contributed by atoms with Crippen LogP contribution in [0.25, 0.3) is 0 Å². The number of hydrogen-bond acceptors (Lipinski definition) is 3. The molecule has 2 N–H and O–H groups in total. The Morgan fingerprint density at radius 1 is 1.32 bits per heavy atom. The molecule has 0 bridgehead atoms. The molecule has 7 heteroatoms. The first kappa shape index (κ1) is 18.0. The maximum absolute atomic E-state index is 11.9. The molecule has 0 fully saturated rings. The smallest absolute Gasteiger partial charge is 0.320 e. The van der Waals surface area contributed by atoms with Gasteiger partial charge in [0.15, 0.2) is 0 Å². The van der Waals surface area contributed by atoms with Crippen LogP contribution in [0.3, 0.4) is 0 Å². The van der Waals surface area contributed by atoms with Gasteiger partial charge in [-0.05, 0) is 19.3 Å². The van der Waals surface area contributed by atoms with Crippen molar-refractivity contribution in [2.45, 2.75) is 39.7 Å². The molecular formula is C15H27N5O2. The molecule has 0 aliphatic rings. The number of amides is 3. The summed E-state index contributed by atoms with van der Waals surface area (Å²) in [6.45, 7) is 6.69. The van der Waals surface area contributed by atoms with Crippen LogP contribution in [0.1, 0.15) is 39.7 Å². The summed E-state index contributed by atoms with van der Waals surface area (Å²) >= 11 is 0. The highest BCUT2D eigenvalue weighted by atomic mass is 16.2. The molecule has 22 heavy (non-hydrogen) atoms. The maximum atomic E-state index is 11.9.